The second-order valence-corrected chi connectivity index (χ2v) is 6.37. The van der Waals surface area contributed by atoms with E-state index in [4.69, 9.17) is 4.74 Å². The second-order valence-electron chi connectivity index (χ2n) is 6.37. The van der Waals surface area contributed by atoms with Crippen molar-refractivity contribution < 1.29 is 14.3 Å². The molecule has 138 valence electrons. The molecule has 1 atom stereocenters. The Morgan fingerprint density at radius 3 is 2.50 bits per heavy atom. The summed E-state index contributed by atoms with van der Waals surface area (Å²) in [6, 6.07) is 11.0. The normalized spacial score (nSPS) is 11.6. The molecule has 0 heterocycles. The summed E-state index contributed by atoms with van der Waals surface area (Å²) in [5.74, 6) is -0.653. The van der Waals surface area contributed by atoms with Crippen molar-refractivity contribution in [1.82, 2.24) is 5.32 Å². The molecule has 0 aliphatic rings. The molecule has 2 N–H and O–H groups in total. The van der Waals surface area contributed by atoms with E-state index < -0.39 is 11.8 Å². The van der Waals surface area contributed by atoms with E-state index in [-0.39, 0.29) is 6.04 Å². The topological polar surface area (TPSA) is 67.4 Å². The maximum absolute atomic E-state index is 12.3. The molecule has 5 nitrogen and oxygen atoms in total. The van der Waals surface area contributed by atoms with E-state index in [0.29, 0.717) is 18.0 Å². The highest BCUT2D eigenvalue weighted by Gasteiger charge is 2.20. The third-order valence-electron chi connectivity index (χ3n) is 4.34. The molecule has 2 rings (SSSR count). The minimum atomic E-state index is -0.684. The minimum Gasteiger partial charge on any atom is -0.494 e. The van der Waals surface area contributed by atoms with E-state index in [9.17, 15) is 9.59 Å². The van der Waals surface area contributed by atoms with Crippen molar-refractivity contribution in [2.24, 2.45) is 0 Å². The SMILES string of the molecule is CCOc1ccc(C)cc1C(C)NC(=O)C(=O)Nc1cccc(C)c1C. The van der Waals surface area contributed by atoms with Gasteiger partial charge in [0.1, 0.15) is 5.75 Å². The van der Waals surface area contributed by atoms with Crippen LogP contribution in [0, 0.1) is 20.8 Å². The number of nitrogens with one attached hydrogen (secondary N) is 2. The number of hydrogen-bond donors (Lipinski definition) is 2. The zero-order valence-electron chi connectivity index (χ0n) is 16.0. The van der Waals surface area contributed by atoms with E-state index in [0.717, 1.165) is 22.3 Å². The zero-order valence-corrected chi connectivity index (χ0v) is 16.0. The van der Waals surface area contributed by atoms with Gasteiger partial charge in [0.05, 0.1) is 12.6 Å². The Bertz CT molecular complexity index is 815. The summed E-state index contributed by atoms with van der Waals surface area (Å²) in [7, 11) is 0. The van der Waals surface area contributed by atoms with Gasteiger partial charge in [0.2, 0.25) is 0 Å². The third-order valence-corrected chi connectivity index (χ3v) is 4.34. The first-order chi connectivity index (χ1) is 12.3. The minimum absolute atomic E-state index is 0.353. The summed E-state index contributed by atoms with van der Waals surface area (Å²) in [6.07, 6.45) is 0. The van der Waals surface area contributed by atoms with E-state index in [1.54, 1.807) is 6.07 Å². The van der Waals surface area contributed by atoms with Gasteiger partial charge in [-0.1, -0.05) is 29.8 Å². The average Bonchev–Trinajstić information content (AvgIpc) is 2.60. The molecule has 0 aromatic heterocycles. The molecule has 0 fully saturated rings. The molecular formula is C21H26N2O3. The number of ether oxygens (including phenoxy) is 1. The zero-order chi connectivity index (χ0) is 19.3. The van der Waals surface area contributed by atoms with Gasteiger partial charge in [0, 0.05) is 11.3 Å². The Morgan fingerprint density at radius 2 is 1.81 bits per heavy atom. The van der Waals surface area contributed by atoms with E-state index in [1.807, 2.05) is 65.0 Å². The number of amides is 2. The predicted octanol–water partition coefficient (Wildman–Crippen LogP) is 3.83. The van der Waals surface area contributed by atoms with Crippen LogP contribution >= 0.6 is 0 Å². The molecule has 0 aliphatic heterocycles. The van der Waals surface area contributed by atoms with Crippen LogP contribution in [0.4, 0.5) is 5.69 Å². The first-order valence-corrected chi connectivity index (χ1v) is 8.74. The number of carbonyl (C=O) groups excluding carboxylic acids is 2. The van der Waals surface area contributed by atoms with Crippen LogP contribution in [0.2, 0.25) is 0 Å². The maximum Gasteiger partial charge on any atom is 0.313 e. The van der Waals surface area contributed by atoms with Crippen LogP contribution < -0.4 is 15.4 Å². The molecule has 2 amide bonds. The van der Waals surface area contributed by atoms with Gasteiger partial charge in [-0.25, -0.2) is 0 Å². The highest BCUT2D eigenvalue weighted by atomic mass is 16.5. The highest BCUT2D eigenvalue weighted by Crippen LogP contribution is 2.26. The van der Waals surface area contributed by atoms with Crippen LogP contribution in [0.25, 0.3) is 0 Å². The van der Waals surface area contributed by atoms with Gasteiger partial charge in [0.25, 0.3) is 0 Å². The van der Waals surface area contributed by atoms with Gasteiger partial charge in [-0.15, -0.1) is 0 Å². The molecule has 2 aromatic rings. The van der Waals surface area contributed by atoms with Gasteiger partial charge in [-0.3, -0.25) is 9.59 Å². The number of aryl methyl sites for hydroxylation is 2. The second kappa shape index (κ2) is 8.52. The molecule has 0 spiro atoms. The van der Waals surface area contributed by atoms with Gasteiger partial charge >= 0.3 is 11.8 Å². The lowest BCUT2D eigenvalue weighted by Gasteiger charge is -2.19. The Labute approximate surface area is 154 Å². The Hall–Kier alpha value is -2.82. The molecular weight excluding hydrogens is 328 g/mol. The lowest BCUT2D eigenvalue weighted by atomic mass is 10.0. The largest absolute Gasteiger partial charge is 0.494 e. The van der Waals surface area contributed by atoms with Crippen molar-refractivity contribution in [2.45, 2.75) is 40.7 Å². The third kappa shape index (κ3) is 4.63. The van der Waals surface area contributed by atoms with E-state index in [1.165, 1.54) is 0 Å². The lowest BCUT2D eigenvalue weighted by molar-refractivity contribution is -0.136. The Balaban J connectivity index is 2.10. The summed E-state index contributed by atoms with van der Waals surface area (Å²) in [6.45, 7) is 10.1. The molecule has 26 heavy (non-hydrogen) atoms. The van der Waals surface area contributed by atoms with Crippen LogP contribution in [0.1, 0.15) is 42.1 Å². The van der Waals surface area contributed by atoms with Crippen molar-refractivity contribution in [3.63, 3.8) is 0 Å². The summed E-state index contributed by atoms with van der Waals surface area (Å²) in [5.41, 5.74) is 4.55. The predicted molar refractivity (Wildman–Crippen MR) is 103 cm³/mol. The standard InChI is InChI=1S/C21H26N2O3/c1-6-26-19-11-10-13(2)12-17(19)16(5)22-20(24)21(25)23-18-9-7-8-14(3)15(18)4/h7-12,16H,6H2,1-5H3,(H,22,24)(H,23,25). The number of hydrogen-bond acceptors (Lipinski definition) is 3. The first-order valence-electron chi connectivity index (χ1n) is 8.74. The van der Waals surface area contributed by atoms with Crippen molar-refractivity contribution in [3.05, 3.63) is 58.7 Å². The molecule has 0 bridgehead atoms. The van der Waals surface area contributed by atoms with E-state index >= 15 is 0 Å². The molecule has 5 heteroatoms. The summed E-state index contributed by atoms with van der Waals surface area (Å²) in [4.78, 5) is 24.6. The molecule has 1 unspecified atom stereocenters. The Morgan fingerprint density at radius 1 is 1.08 bits per heavy atom. The molecule has 0 saturated carbocycles. The number of rotatable bonds is 5. The molecule has 0 aliphatic carbocycles. The van der Waals surface area contributed by atoms with Crippen molar-refractivity contribution in [2.75, 3.05) is 11.9 Å². The van der Waals surface area contributed by atoms with Gasteiger partial charge < -0.3 is 15.4 Å². The Kier molecular flexibility index (Phi) is 6.39. The van der Waals surface area contributed by atoms with Crippen molar-refractivity contribution >= 4 is 17.5 Å². The maximum atomic E-state index is 12.3. The van der Waals surface area contributed by atoms with Crippen LogP contribution in [0.5, 0.6) is 5.75 Å². The average molecular weight is 354 g/mol. The van der Waals surface area contributed by atoms with Gasteiger partial charge in [-0.2, -0.15) is 0 Å². The number of carbonyl (C=O) groups is 2. The quantitative estimate of drug-likeness (QED) is 0.802. The van der Waals surface area contributed by atoms with E-state index in [2.05, 4.69) is 10.6 Å². The van der Waals surface area contributed by atoms with Crippen LogP contribution in [0.3, 0.4) is 0 Å². The van der Waals surface area contributed by atoms with Crippen LogP contribution in [0.15, 0.2) is 36.4 Å². The molecule has 0 radical (unpaired) electrons. The fourth-order valence-electron chi connectivity index (χ4n) is 2.70. The fraction of sp³-hybridized carbons (Fsp3) is 0.333. The summed E-state index contributed by atoms with van der Waals surface area (Å²) < 4.78 is 5.63. The summed E-state index contributed by atoms with van der Waals surface area (Å²) >= 11 is 0. The first kappa shape index (κ1) is 19.5. The lowest BCUT2D eigenvalue weighted by Crippen LogP contribution is -2.37. The van der Waals surface area contributed by atoms with Crippen molar-refractivity contribution in [1.29, 1.82) is 0 Å². The molecule has 2 aromatic carbocycles. The van der Waals surface area contributed by atoms with Crippen molar-refractivity contribution in [3.8, 4) is 5.75 Å². The fourth-order valence-corrected chi connectivity index (χ4v) is 2.70. The smallest absolute Gasteiger partial charge is 0.313 e. The van der Waals surface area contributed by atoms with Gasteiger partial charge in [-0.05, 0) is 57.9 Å². The molecule has 0 saturated heterocycles. The van der Waals surface area contributed by atoms with Gasteiger partial charge in [0.15, 0.2) is 0 Å². The highest BCUT2D eigenvalue weighted by molar-refractivity contribution is 6.39. The number of anilines is 1. The number of benzene rings is 2. The van der Waals surface area contributed by atoms with Crippen LogP contribution in [-0.4, -0.2) is 18.4 Å². The van der Waals surface area contributed by atoms with Crippen LogP contribution in [-0.2, 0) is 9.59 Å². The summed E-state index contributed by atoms with van der Waals surface area (Å²) in [5, 5.41) is 5.42. The monoisotopic (exact) mass is 354 g/mol.